The second-order valence-corrected chi connectivity index (χ2v) is 4.21. The van der Waals surface area contributed by atoms with Crippen molar-refractivity contribution < 1.29 is 13.9 Å². The molecule has 0 aromatic carbocycles. The maximum atomic E-state index is 12.7. The van der Waals surface area contributed by atoms with Gasteiger partial charge in [-0.1, -0.05) is 0 Å². The maximum Gasteiger partial charge on any atom is 0.309 e. The lowest BCUT2D eigenvalue weighted by Crippen LogP contribution is -2.37. The molecule has 0 N–H and O–H groups in total. The molecule has 0 radical (unpaired) electrons. The van der Waals surface area contributed by atoms with Crippen molar-refractivity contribution in [2.75, 3.05) is 24.6 Å². The first-order valence-corrected chi connectivity index (χ1v) is 6.10. The van der Waals surface area contributed by atoms with E-state index < -0.39 is 5.82 Å². The van der Waals surface area contributed by atoms with Gasteiger partial charge in [0.25, 0.3) is 0 Å². The van der Waals surface area contributed by atoms with Crippen molar-refractivity contribution in [3.63, 3.8) is 0 Å². The number of ether oxygens (including phenoxy) is 1. The van der Waals surface area contributed by atoms with Crippen LogP contribution in [0.5, 0.6) is 0 Å². The average Bonchev–Trinajstić information content (AvgIpc) is 2.40. The summed E-state index contributed by atoms with van der Waals surface area (Å²) in [5.74, 6) is -0.0994. The molecule has 2 heterocycles. The molecular weight excluding hydrogens is 237 g/mol. The number of piperidine rings is 1. The summed E-state index contributed by atoms with van der Waals surface area (Å²) >= 11 is 0. The largest absolute Gasteiger partial charge is 0.466 e. The Labute approximate surface area is 105 Å². The number of hydrogen-bond donors (Lipinski definition) is 0. The van der Waals surface area contributed by atoms with E-state index >= 15 is 0 Å². The lowest BCUT2D eigenvalue weighted by atomic mass is 9.97. The molecule has 1 saturated heterocycles. The fourth-order valence-electron chi connectivity index (χ4n) is 2.04. The third-order valence-electron chi connectivity index (χ3n) is 3.00. The third-order valence-corrected chi connectivity index (χ3v) is 3.00. The number of hydrogen-bond acceptors (Lipinski definition) is 5. The summed E-state index contributed by atoms with van der Waals surface area (Å²) in [6.45, 7) is 3.60. The van der Waals surface area contributed by atoms with Crippen LogP contribution < -0.4 is 4.90 Å². The zero-order valence-electron chi connectivity index (χ0n) is 10.3. The van der Waals surface area contributed by atoms with Gasteiger partial charge in [-0.05, 0) is 19.8 Å². The molecule has 2 rings (SSSR count). The van der Waals surface area contributed by atoms with Gasteiger partial charge in [0, 0.05) is 13.1 Å². The SMILES string of the molecule is CCOC(=O)C1CCN(c2ncc(F)cn2)CC1. The van der Waals surface area contributed by atoms with Crippen molar-refractivity contribution >= 4 is 11.9 Å². The molecule has 0 bridgehead atoms. The maximum absolute atomic E-state index is 12.7. The Morgan fingerprint density at radius 3 is 2.61 bits per heavy atom. The summed E-state index contributed by atoms with van der Waals surface area (Å²) in [6.07, 6.45) is 3.75. The zero-order valence-corrected chi connectivity index (χ0v) is 10.3. The van der Waals surface area contributed by atoms with Gasteiger partial charge in [-0.15, -0.1) is 0 Å². The topological polar surface area (TPSA) is 55.3 Å². The van der Waals surface area contributed by atoms with E-state index in [2.05, 4.69) is 9.97 Å². The number of carbonyl (C=O) groups excluding carboxylic acids is 1. The van der Waals surface area contributed by atoms with Crippen molar-refractivity contribution in [2.24, 2.45) is 5.92 Å². The number of esters is 1. The molecular formula is C12H16FN3O2. The van der Waals surface area contributed by atoms with Crippen LogP contribution in [0, 0.1) is 11.7 Å². The summed E-state index contributed by atoms with van der Waals surface area (Å²) in [5.41, 5.74) is 0. The number of carbonyl (C=O) groups is 1. The fraction of sp³-hybridized carbons (Fsp3) is 0.583. The zero-order chi connectivity index (χ0) is 13.0. The van der Waals surface area contributed by atoms with E-state index in [-0.39, 0.29) is 11.9 Å². The van der Waals surface area contributed by atoms with Gasteiger partial charge in [-0.25, -0.2) is 14.4 Å². The fourth-order valence-corrected chi connectivity index (χ4v) is 2.04. The summed E-state index contributed by atoms with van der Waals surface area (Å²) in [4.78, 5) is 21.4. The van der Waals surface area contributed by atoms with E-state index in [0.29, 0.717) is 25.6 Å². The minimum atomic E-state index is -0.444. The average molecular weight is 253 g/mol. The highest BCUT2D eigenvalue weighted by Crippen LogP contribution is 2.21. The lowest BCUT2D eigenvalue weighted by molar-refractivity contribution is -0.148. The molecule has 0 saturated carbocycles. The highest BCUT2D eigenvalue weighted by molar-refractivity contribution is 5.72. The molecule has 0 aliphatic carbocycles. The minimum Gasteiger partial charge on any atom is -0.466 e. The van der Waals surface area contributed by atoms with Crippen molar-refractivity contribution in [3.8, 4) is 0 Å². The molecule has 6 heteroatoms. The first kappa shape index (κ1) is 12.7. The van der Waals surface area contributed by atoms with E-state index in [1.165, 1.54) is 0 Å². The van der Waals surface area contributed by atoms with E-state index in [1.54, 1.807) is 6.92 Å². The van der Waals surface area contributed by atoms with Crippen molar-refractivity contribution in [1.82, 2.24) is 9.97 Å². The summed E-state index contributed by atoms with van der Waals surface area (Å²) in [7, 11) is 0. The van der Waals surface area contributed by atoms with Crippen LogP contribution in [-0.4, -0.2) is 35.6 Å². The summed E-state index contributed by atoms with van der Waals surface area (Å²) in [6, 6.07) is 0. The van der Waals surface area contributed by atoms with Crippen LogP contribution in [0.1, 0.15) is 19.8 Å². The quantitative estimate of drug-likeness (QED) is 0.762. The van der Waals surface area contributed by atoms with Crippen LogP contribution in [0.4, 0.5) is 10.3 Å². The Morgan fingerprint density at radius 2 is 2.06 bits per heavy atom. The Hall–Kier alpha value is -1.72. The van der Waals surface area contributed by atoms with Crippen LogP contribution in [0.2, 0.25) is 0 Å². The first-order valence-electron chi connectivity index (χ1n) is 6.10. The van der Waals surface area contributed by atoms with E-state index in [4.69, 9.17) is 4.74 Å². The number of aromatic nitrogens is 2. The van der Waals surface area contributed by atoms with Crippen LogP contribution >= 0.6 is 0 Å². The van der Waals surface area contributed by atoms with Gasteiger partial charge >= 0.3 is 5.97 Å². The van der Waals surface area contributed by atoms with Crippen LogP contribution in [-0.2, 0) is 9.53 Å². The number of anilines is 1. The molecule has 0 spiro atoms. The predicted molar refractivity (Wildman–Crippen MR) is 63.6 cm³/mol. The lowest BCUT2D eigenvalue weighted by Gasteiger charge is -2.30. The van der Waals surface area contributed by atoms with Crippen molar-refractivity contribution in [1.29, 1.82) is 0 Å². The monoisotopic (exact) mass is 253 g/mol. The Morgan fingerprint density at radius 1 is 1.44 bits per heavy atom. The van der Waals surface area contributed by atoms with Crippen molar-refractivity contribution in [2.45, 2.75) is 19.8 Å². The van der Waals surface area contributed by atoms with Gasteiger partial charge < -0.3 is 9.64 Å². The standard InChI is InChI=1S/C12H16FN3O2/c1-2-18-11(17)9-3-5-16(6-4-9)12-14-7-10(13)8-15-12/h7-9H,2-6H2,1H3. The highest BCUT2D eigenvalue weighted by Gasteiger charge is 2.26. The van der Waals surface area contributed by atoms with Gasteiger partial charge in [-0.3, -0.25) is 4.79 Å². The van der Waals surface area contributed by atoms with Gasteiger partial charge in [-0.2, -0.15) is 0 Å². The summed E-state index contributed by atoms with van der Waals surface area (Å²) in [5, 5.41) is 0. The highest BCUT2D eigenvalue weighted by atomic mass is 19.1. The molecule has 0 unspecified atom stereocenters. The molecule has 1 aliphatic rings. The molecule has 1 aromatic rings. The van der Waals surface area contributed by atoms with E-state index in [0.717, 1.165) is 25.2 Å². The van der Waals surface area contributed by atoms with Crippen LogP contribution in [0.3, 0.4) is 0 Å². The van der Waals surface area contributed by atoms with Gasteiger partial charge in [0.1, 0.15) is 0 Å². The van der Waals surface area contributed by atoms with E-state index in [9.17, 15) is 9.18 Å². The number of nitrogens with zero attached hydrogens (tertiary/aromatic N) is 3. The van der Waals surface area contributed by atoms with Crippen LogP contribution in [0.15, 0.2) is 12.4 Å². The summed E-state index contributed by atoms with van der Waals surface area (Å²) < 4.78 is 17.7. The normalized spacial score (nSPS) is 16.7. The minimum absolute atomic E-state index is 0.0401. The number of rotatable bonds is 3. The molecule has 18 heavy (non-hydrogen) atoms. The second kappa shape index (κ2) is 5.75. The molecule has 0 amide bonds. The van der Waals surface area contributed by atoms with Crippen molar-refractivity contribution in [3.05, 3.63) is 18.2 Å². The number of halogens is 1. The molecule has 1 aliphatic heterocycles. The molecule has 5 nitrogen and oxygen atoms in total. The first-order chi connectivity index (χ1) is 8.70. The molecule has 1 aromatic heterocycles. The smallest absolute Gasteiger partial charge is 0.309 e. The van der Waals surface area contributed by atoms with Gasteiger partial charge in [0.05, 0.1) is 24.9 Å². The van der Waals surface area contributed by atoms with E-state index in [1.807, 2.05) is 4.90 Å². The third kappa shape index (κ3) is 2.94. The molecule has 98 valence electrons. The van der Waals surface area contributed by atoms with Gasteiger partial charge in [0.2, 0.25) is 5.95 Å². The Kier molecular flexibility index (Phi) is 4.07. The Balaban J connectivity index is 1.90. The Bertz CT molecular complexity index is 402. The molecule has 0 atom stereocenters. The molecule has 1 fully saturated rings. The van der Waals surface area contributed by atoms with Crippen LogP contribution in [0.25, 0.3) is 0 Å². The van der Waals surface area contributed by atoms with Gasteiger partial charge in [0.15, 0.2) is 5.82 Å². The second-order valence-electron chi connectivity index (χ2n) is 4.21. The predicted octanol–water partition coefficient (Wildman–Crippen LogP) is 1.40.